The number of benzene rings is 1. The fraction of sp³-hybridized carbons (Fsp3) is 0.533. The van der Waals surface area contributed by atoms with Crippen molar-refractivity contribution in [2.75, 3.05) is 0 Å². The molecular formula is C15H22O. The van der Waals surface area contributed by atoms with Crippen molar-refractivity contribution in [1.82, 2.24) is 0 Å². The molecule has 0 aliphatic carbocycles. The van der Waals surface area contributed by atoms with Gasteiger partial charge >= 0.3 is 0 Å². The van der Waals surface area contributed by atoms with Gasteiger partial charge in [-0.15, -0.1) is 0 Å². The Kier molecular flexibility index (Phi) is 5.84. The third-order valence-corrected chi connectivity index (χ3v) is 2.96. The lowest BCUT2D eigenvalue weighted by atomic mass is 9.89. The van der Waals surface area contributed by atoms with Gasteiger partial charge in [-0.05, 0) is 24.8 Å². The normalized spacial score (nSPS) is 12.4. The van der Waals surface area contributed by atoms with Crippen molar-refractivity contribution in [3.8, 4) is 0 Å². The van der Waals surface area contributed by atoms with Gasteiger partial charge in [-0.3, -0.25) is 0 Å². The van der Waals surface area contributed by atoms with Gasteiger partial charge in [0, 0.05) is 6.42 Å². The Balaban J connectivity index is 2.60. The molecular weight excluding hydrogens is 196 g/mol. The quantitative estimate of drug-likeness (QED) is 0.622. The van der Waals surface area contributed by atoms with E-state index in [4.69, 9.17) is 0 Å². The van der Waals surface area contributed by atoms with Crippen LogP contribution in [0.5, 0.6) is 0 Å². The topological polar surface area (TPSA) is 17.1 Å². The Bertz CT molecular complexity index is 302. The highest BCUT2D eigenvalue weighted by Crippen LogP contribution is 2.25. The Morgan fingerprint density at radius 3 is 2.44 bits per heavy atom. The molecule has 0 spiro atoms. The molecule has 1 aromatic carbocycles. The summed E-state index contributed by atoms with van der Waals surface area (Å²) < 4.78 is 0. The fourth-order valence-electron chi connectivity index (χ4n) is 2.10. The van der Waals surface area contributed by atoms with Gasteiger partial charge in [-0.25, -0.2) is 0 Å². The molecule has 0 aliphatic heterocycles. The summed E-state index contributed by atoms with van der Waals surface area (Å²) in [4.78, 5) is 11.3. The molecule has 0 fully saturated rings. The maximum atomic E-state index is 11.3. The standard InChI is InChI=1S/C15H22O/c1-3-4-6-11-15(12-13(2)16)14-9-7-5-8-10-14/h5,7-10,15H,3-4,6,11-12H2,1-2H3/t15-/m1/s1. The predicted molar refractivity (Wildman–Crippen MR) is 68.6 cm³/mol. The summed E-state index contributed by atoms with van der Waals surface area (Å²) in [5, 5.41) is 0. The minimum atomic E-state index is 0.297. The van der Waals surface area contributed by atoms with Crippen LogP contribution in [-0.4, -0.2) is 5.78 Å². The first-order valence-electron chi connectivity index (χ1n) is 6.28. The van der Waals surface area contributed by atoms with Crippen LogP contribution in [0.4, 0.5) is 0 Å². The zero-order valence-electron chi connectivity index (χ0n) is 10.4. The highest BCUT2D eigenvalue weighted by Gasteiger charge is 2.12. The highest BCUT2D eigenvalue weighted by atomic mass is 16.1. The summed E-state index contributed by atoms with van der Waals surface area (Å²) >= 11 is 0. The Hall–Kier alpha value is -1.11. The number of unbranched alkanes of at least 4 members (excludes halogenated alkanes) is 2. The Morgan fingerprint density at radius 1 is 1.19 bits per heavy atom. The number of rotatable bonds is 7. The summed E-state index contributed by atoms with van der Waals surface area (Å²) in [6.07, 6.45) is 5.55. The van der Waals surface area contributed by atoms with E-state index in [2.05, 4.69) is 31.2 Å². The van der Waals surface area contributed by atoms with Gasteiger partial charge in [-0.1, -0.05) is 56.5 Å². The molecule has 1 rings (SSSR count). The van der Waals surface area contributed by atoms with Gasteiger partial charge in [0.25, 0.3) is 0 Å². The van der Waals surface area contributed by atoms with Crippen LogP contribution in [0.2, 0.25) is 0 Å². The minimum Gasteiger partial charge on any atom is -0.300 e. The van der Waals surface area contributed by atoms with E-state index in [0.29, 0.717) is 18.1 Å². The van der Waals surface area contributed by atoms with Crippen molar-refractivity contribution < 1.29 is 4.79 Å². The van der Waals surface area contributed by atoms with Crippen molar-refractivity contribution >= 4 is 5.78 Å². The molecule has 1 heteroatoms. The second-order valence-electron chi connectivity index (χ2n) is 4.51. The first-order chi connectivity index (χ1) is 7.74. The number of carbonyl (C=O) groups excluding carboxylic acids is 1. The van der Waals surface area contributed by atoms with Crippen LogP contribution in [0.1, 0.15) is 57.4 Å². The van der Waals surface area contributed by atoms with Crippen molar-refractivity contribution in [2.45, 2.75) is 51.9 Å². The zero-order valence-corrected chi connectivity index (χ0v) is 10.4. The molecule has 0 unspecified atom stereocenters. The molecule has 0 heterocycles. The molecule has 0 saturated heterocycles. The van der Waals surface area contributed by atoms with Crippen LogP contribution in [0.15, 0.2) is 30.3 Å². The highest BCUT2D eigenvalue weighted by molar-refractivity contribution is 5.76. The zero-order chi connectivity index (χ0) is 11.8. The van der Waals surface area contributed by atoms with Crippen LogP contribution in [0.3, 0.4) is 0 Å². The number of hydrogen-bond acceptors (Lipinski definition) is 1. The lowest BCUT2D eigenvalue weighted by molar-refractivity contribution is -0.117. The molecule has 0 amide bonds. The summed E-state index contributed by atoms with van der Waals surface area (Å²) in [5.74, 6) is 0.718. The Morgan fingerprint density at radius 2 is 1.88 bits per heavy atom. The summed E-state index contributed by atoms with van der Waals surface area (Å²) in [6, 6.07) is 10.4. The maximum Gasteiger partial charge on any atom is 0.130 e. The average molecular weight is 218 g/mol. The largest absolute Gasteiger partial charge is 0.300 e. The molecule has 1 nitrogen and oxygen atoms in total. The number of Topliss-reactive ketones (excluding diaryl/α,β-unsaturated/α-hetero) is 1. The molecule has 1 aromatic rings. The second-order valence-corrected chi connectivity index (χ2v) is 4.51. The summed E-state index contributed by atoms with van der Waals surface area (Å²) in [7, 11) is 0. The predicted octanol–water partition coefficient (Wildman–Crippen LogP) is 4.33. The van der Waals surface area contributed by atoms with Crippen LogP contribution in [-0.2, 0) is 4.79 Å². The van der Waals surface area contributed by atoms with Crippen LogP contribution in [0.25, 0.3) is 0 Å². The summed E-state index contributed by atoms with van der Waals surface area (Å²) in [6.45, 7) is 3.90. The molecule has 16 heavy (non-hydrogen) atoms. The van der Waals surface area contributed by atoms with Crippen LogP contribution in [0, 0.1) is 0 Å². The smallest absolute Gasteiger partial charge is 0.130 e. The molecule has 0 saturated carbocycles. The fourth-order valence-corrected chi connectivity index (χ4v) is 2.10. The number of carbonyl (C=O) groups is 1. The van der Waals surface area contributed by atoms with Crippen molar-refractivity contribution in [3.63, 3.8) is 0 Å². The first-order valence-corrected chi connectivity index (χ1v) is 6.28. The van der Waals surface area contributed by atoms with Gasteiger partial charge in [0.15, 0.2) is 0 Å². The van der Waals surface area contributed by atoms with Crippen molar-refractivity contribution in [3.05, 3.63) is 35.9 Å². The SMILES string of the molecule is CCCCC[C@H](CC(C)=O)c1ccccc1. The molecule has 0 radical (unpaired) electrons. The minimum absolute atomic E-state index is 0.297. The van der Waals surface area contributed by atoms with E-state index >= 15 is 0 Å². The molecule has 88 valence electrons. The maximum absolute atomic E-state index is 11.3. The first kappa shape index (κ1) is 13.0. The number of ketones is 1. The molecule has 0 N–H and O–H groups in total. The van der Waals surface area contributed by atoms with Crippen LogP contribution >= 0.6 is 0 Å². The van der Waals surface area contributed by atoms with E-state index in [-0.39, 0.29) is 0 Å². The lowest BCUT2D eigenvalue weighted by Crippen LogP contribution is -2.04. The van der Waals surface area contributed by atoms with Gasteiger partial charge in [-0.2, -0.15) is 0 Å². The van der Waals surface area contributed by atoms with Gasteiger partial charge in [0.1, 0.15) is 5.78 Å². The third kappa shape index (κ3) is 4.61. The number of hydrogen-bond donors (Lipinski definition) is 0. The van der Waals surface area contributed by atoms with Crippen molar-refractivity contribution in [1.29, 1.82) is 0 Å². The Labute approximate surface area is 98.9 Å². The van der Waals surface area contributed by atoms with E-state index in [1.54, 1.807) is 6.92 Å². The van der Waals surface area contributed by atoms with E-state index in [1.807, 2.05) is 6.07 Å². The third-order valence-electron chi connectivity index (χ3n) is 2.96. The van der Waals surface area contributed by atoms with Gasteiger partial charge in [0.2, 0.25) is 0 Å². The molecule has 0 aromatic heterocycles. The van der Waals surface area contributed by atoms with E-state index in [1.165, 1.54) is 24.8 Å². The van der Waals surface area contributed by atoms with E-state index in [9.17, 15) is 4.79 Å². The van der Waals surface area contributed by atoms with E-state index in [0.717, 1.165) is 6.42 Å². The van der Waals surface area contributed by atoms with Crippen molar-refractivity contribution in [2.24, 2.45) is 0 Å². The molecule has 1 atom stereocenters. The van der Waals surface area contributed by atoms with Gasteiger partial charge in [0.05, 0.1) is 0 Å². The lowest BCUT2D eigenvalue weighted by Gasteiger charge is -2.15. The van der Waals surface area contributed by atoms with Gasteiger partial charge < -0.3 is 4.79 Å². The monoisotopic (exact) mass is 218 g/mol. The average Bonchev–Trinajstić information content (AvgIpc) is 2.29. The molecule has 0 bridgehead atoms. The molecule has 0 aliphatic rings. The second kappa shape index (κ2) is 7.21. The van der Waals surface area contributed by atoms with E-state index < -0.39 is 0 Å². The van der Waals surface area contributed by atoms with Crippen LogP contribution < -0.4 is 0 Å². The summed E-state index contributed by atoms with van der Waals surface area (Å²) in [5.41, 5.74) is 1.31.